The second-order valence-corrected chi connectivity index (χ2v) is 13.6. The van der Waals surface area contributed by atoms with Crippen LogP contribution in [0.4, 0.5) is 23.8 Å². The van der Waals surface area contributed by atoms with Gasteiger partial charge in [0.1, 0.15) is 22.4 Å². The number of fused-ring (bicyclic) bond motifs is 2. The highest BCUT2D eigenvalue weighted by atomic mass is 79.9. The summed E-state index contributed by atoms with van der Waals surface area (Å²) >= 11 is 3.59. The van der Waals surface area contributed by atoms with Crippen LogP contribution in [0.15, 0.2) is 35.8 Å². The summed E-state index contributed by atoms with van der Waals surface area (Å²) in [5.74, 6) is 1.80. The zero-order valence-electron chi connectivity index (χ0n) is 30.2. The van der Waals surface area contributed by atoms with E-state index in [1.165, 1.54) is 0 Å². The lowest BCUT2D eigenvalue weighted by Crippen LogP contribution is -2.37. The molecule has 0 radical (unpaired) electrons. The second-order valence-electron chi connectivity index (χ2n) is 12.9. The van der Waals surface area contributed by atoms with Gasteiger partial charge in [-0.05, 0) is 42.6 Å². The number of imidazole rings is 2. The van der Waals surface area contributed by atoms with Gasteiger partial charge in [0.2, 0.25) is 23.8 Å². The van der Waals surface area contributed by atoms with Crippen molar-refractivity contribution in [1.82, 2.24) is 59.0 Å². The summed E-state index contributed by atoms with van der Waals surface area (Å²) in [4.78, 5) is 49.2. The number of aromatic nitrogens is 12. The molecule has 8 rings (SSSR count). The van der Waals surface area contributed by atoms with Crippen molar-refractivity contribution in [2.24, 2.45) is 0 Å². The Bertz CT molecular complexity index is 2160. The number of morpholine rings is 2. The van der Waals surface area contributed by atoms with Crippen molar-refractivity contribution in [3.8, 4) is 22.5 Å². The van der Waals surface area contributed by atoms with Crippen molar-refractivity contribution in [2.75, 3.05) is 73.9 Å². The van der Waals surface area contributed by atoms with E-state index in [4.69, 9.17) is 45.9 Å². The van der Waals surface area contributed by atoms with Crippen LogP contribution in [0.1, 0.15) is 52.6 Å². The minimum atomic E-state index is 0.226. The van der Waals surface area contributed by atoms with Crippen LogP contribution in [-0.4, -0.2) is 112 Å². The number of nitrogens with two attached hydrogens (primary N) is 2. The minimum absolute atomic E-state index is 0.226. The lowest BCUT2D eigenvalue weighted by Gasteiger charge is -2.27. The molecule has 0 amide bonds. The van der Waals surface area contributed by atoms with Gasteiger partial charge in [-0.15, -0.1) is 0 Å². The third-order valence-corrected chi connectivity index (χ3v) is 10.0. The highest BCUT2D eigenvalue weighted by Gasteiger charge is 2.24. The summed E-state index contributed by atoms with van der Waals surface area (Å²) in [6.07, 6.45) is 10.5. The SMILES string of the molecule is CCC(C)n1c(Br)nc2c(-c3cnc(N)nc3)nc(N3CCOCC3)nc21.CCC(C)n1cnc2c(-c3cnc(N)nc3)nc(N3CCOCC3)nc21. The summed E-state index contributed by atoms with van der Waals surface area (Å²) in [6.45, 7) is 14.3. The van der Waals surface area contributed by atoms with Gasteiger partial charge in [0.25, 0.3) is 0 Å². The van der Waals surface area contributed by atoms with Gasteiger partial charge >= 0.3 is 0 Å². The van der Waals surface area contributed by atoms with Crippen LogP contribution < -0.4 is 21.3 Å². The number of ether oxygens (including phenoxy) is 2. The molecule has 2 fully saturated rings. The molecule has 0 aromatic carbocycles. The first kappa shape index (κ1) is 36.2. The summed E-state index contributed by atoms with van der Waals surface area (Å²) in [7, 11) is 0. The molecule has 53 heavy (non-hydrogen) atoms. The molecule has 2 aliphatic heterocycles. The van der Waals surface area contributed by atoms with Gasteiger partial charge in [-0.25, -0.2) is 39.9 Å². The number of anilines is 4. The lowest BCUT2D eigenvalue weighted by atomic mass is 10.2. The maximum Gasteiger partial charge on any atom is 0.228 e. The summed E-state index contributed by atoms with van der Waals surface area (Å²) in [6, 6.07) is 0.537. The summed E-state index contributed by atoms with van der Waals surface area (Å²) in [5, 5.41) is 0. The fraction of sp³-hybridized carbons (Fsp3) is 0.471. The quantitative estimate of drug-likeness (QED) is 0.208. The maximum atomic E-state index is 5.65. The Kier molecular flexibility index (Phi) is 10.8. The van der Waals surface area contributed by atoms with Crippen molar-refractivity contribution >= 4 is 62.1 Å². The first-order valence-corrected chi connectivity index (χ1v) is 18.6. The number of rotatable bonds is 8. The number of nitrogens with zero attached hydrogens (tertiary/aromatic N) is 14. The van der Waals surface area contributed by atoms with E-state index in [1.807, 2.05) is 6.33 Å². The molecule has 0 spiro atoms. The zero-order chi connectivity index (χ0) is 37.1. The number of hydrogen-bond acceptors (Lipinski definition) is 16. The number of halogens is 1. The minimum Gasteiger partial charge on any atom is -0.378 e. The number of hydrogen-bond donors (Lipinski definition) is 2. The van der Waals surface area contributed by atoms with Crippen LogP contribution >= 0.6 is 15.9 Å². The van der Waals surface area contributed by atoms with Gasteiger partial charge in [0.15, 0.2) is 16.0 Å². The predicted octanol–water partition coefficient (Wildman–Crippen LogP) is 4.11. The van der Waals surface area contributed by atoms with E-state index in [0.29, 0.717) is 55.6 Å². The Morgan fingerprint density at radius 3 is 1.60 bits per heavy atom. The Hall–Kier alpha value is -5.14. The molecule has 6 aromatic rings. The standard InChI is InChI=1S/C17H21BrN8O.C17H22N8O/c1-3-10(2)26-14-13(22-15(26)18)12(11-8-20-16(19)21-9-11)23-17(24-14)25-4-6-27-7-5-25;1-3-11(2)25-10-21-14-13(12-8-19-16(18)20-9-12)22-17(23-15(14)25)24-4-6-26-7-5-24/h8-10H,3-7H2,1-2H3,(H2,19,20,21);8-11H,3-7H2,1-2H3,(H2,18,19,20). The summed E-state index contributed by atoms with van der Waals surface area (Å²) in [5.41, 5.74) is 17.3. The molecule has 6 aromatic heterocycles. The van der Waals surface area contributed by atoms with E-state index in [2.05, 4.69) is 87.5 Å². The third-order valence-electron chi connectivity index (χ3n) is 9.47. The molecule has 19 heteroatoms. The lowest BCUT2D eigenvalue weighted by molar-refractivity contribution is 0.122. The van der Waals surface area contributed by atoms with Crippen LogP contribution in [0.5, 0.6) is 0 Å². The van der Waals surface area contributed by atoms with Crippen LogP contribution in [0.3, 0.4) is 0 Å². The normalized spacial score (nSPS) is 16.1. The van der Waals surface area contributed by atoms with Gasteiger partial charge < -0.3 is 39.9 Å². The molecule has 0 aliphatic carbocycles. The largest absolute Gasteiger partial charge is 0.378 e. The van der Waals surface area contributed by atoms with E-state index in [0.717, 1.165) is 77.4 Å². The van der Waals surface area contributed by atoms with Crippen molar-refractivity contribution in [3.05, 3.63) is 35.8 Å². The van der Waals surface area contributed by atoms with Crippen LogP contribution in [0.2, 0.25) is 0 Å². The average molecular weight is 788 g/mol. The molecule has 8 heterocycles. The molecule has 278 valence electrons. The summed E-state index contributed by atoms with van der Waals surface area (Å²) < 4.78 is 15.9. The molecule has 0 saturated carbocycles. The Balaban J connectivity index is 0.000000164. The monoisotopic (exact) mass is 786 g/mol. The molecule has 2 atom stereocenters. The Morgan fingerprint density at radius 1 is 0.642 bits per heavy atom. The first-order chi connectivity index (χ1) is 25.7. The van der Waals surface area contributed by atoms with Crippen molar-refractivity contribution in [1.29, 1.82) is 0 Å². The fourth-order valence-corrected chi connectivity index (χ4v) is 6.76. The highest BCUT2D eigenvalue weighted by Crippen LogP contribution is 2.33. The molecule has 2 unspecified atom stereocenters. The fourth-order valence-electron chi connectivity index (χ4n) is 6.07. The molecule has 2 saturated heterocycles. The smallest absolute Gasteiger partial charge is 0.228 e. The molecular weight excluding hydrogens is 744 g/mol. The molecular formula is C34H43BrN16O2. The van der Waals surface area contributed by atoms with Crippen molar-refractivity contribution < 1.29 is 9.47 Å². The highest BCUT2D eigenvalue weighted by molar-refractivity contribution is 9.10. The van der Waals surface area contributed by atoms with Gasteiger partial charge in [-0.1, -0.05) is 13.8 Å². The Labute approximate surface area is 314 Å². The third kappa shape index (κ3) is 7.54. The van der Waals surface area contributed by atoms with E-state index in [9.17, 15) is 0 Å². The van der Waals surface area contributed by atoms with E-state index >= 15 is 0 Å². The molecule has 4 N–H and O–H groups in total. The van der Waals surface area contributed by atoms with Crippen molar-refractivity contribution in [2.45, 2.75) is 52.6 Å². The van der Waals surface area contributed by atoms with Gasteiger partial charge in [-0.2, -0.15) is 9.97 Å². The molecule has 2 aliphatic rings. The van der Waals surface area contributed by atoms with Crippen LogP contribution in [0.25, 0.3) is 44.8 Å². The van der Waals surface area contributed by atoms with E-state index in [1.54, 1.807) is 24.8 Å². The van der Waals surface area contributed by atoms with Crippen molar-refractivity contribution in [3.63, 3.8) is 0 Å². The molecule has 18 nitrogen and oxygen atoms in total. The van der Waals surface area contributed by atoms with Crippen LogP contribution in [-0.2, 0) is 9.47 Å². The topological polar surface area (TPSA) is 216 Å². The first-order valence-electron chi connectivity index (χ1n) is 17.8. The Morgan fingerprint density at radius 2 is 1.11 bits per heavy atom. The zero-order valence-corrected chi connectivity index (χ0v) is 31.8. The maximum absolute atomic E-state index is 5.65. The second kappa shape index (κ2) is 15.8. The van der Waals surface area contributed by atoms with Gasteiger partial charge in [0.05, 0.1) is 32.8 Å². The van der Waals surface area contributed by atoms with Crippen LogP contribution in [0, 0.1) is 0 Å². The van der Waals surface area contributed by atoms with E-state index < -0.39 is 0 Å². The average Bonchev–Trinajstić information content (AvgIpc) is 3.78. The van der Waals surface area contributed by atoms with E-state index in [-0.39, 0.29) is 17.9 Å². The number of nitrogen functional groups attached to an aromatic ring is 2. The molecule has 0 bridgehead atoms. The van der Waals surface area contributed by atoms with Gasteiger partial charge in [-0.3, -0.25) is 0 Å². The van der Waals surface area contributed by atoms with Gasteiger partial charge in [0, 0.05) is 74.2 Å². The predicted molar refractivity (Wildman–Crippen MR) is 205 cm³/mol.